The SMILES string of the molecule is Cc1ccc2[n-]c3cc[c-]cc3c2c1.[W].[Y]. The minimum Gasteiger partial charge on any atom is -0.679 e. The molecule has 77 valence electrons. The first kappa shape index (κ1) is 14.1. The second-order valence-corrected chi connectivity index (χ2v) is 3.58. The molecule has 1 radical (unpaired) electrons. The Morgan fingerprint density at radius 1 is 1.06 bits per heavy atom. The Morgan fingerprint density at radius 2 is 1.81 bits per heavy atom. The van der Waals surface area contributed by atoms with Gasteiger partial charge in [-0.2, -0.15) is 24.3 Å². The van der Waals surface area contributed by atoms with Gasteiger partial charge in [0.1, 0.15) is 0 Å². The first-order valence-electron chi connectivity index (χ1n) is 4.67. The van der Waals surface area contributed by atoms with E-state index in [1.165, 1.54) is 16.3 Å². The number of benzene rings is 2. The van der Waals surface area contributed by atoms with Crippen molar-refractivity contribution in [3.8, 4) is 0 Å². The molecule has 1 heterocycles. The van der Waals surface area contributed by atoms with Gasteiger partial charge in [0.25, 0.3) is 0 Å². The van der Waals surface area contributed by atoms with Crippen LogP contribution in [0.4, 0.5) is 0 Å². The summed E-state index contributed by atoms with van der Waals surface area (Å²) in [6.07, 6.45) is 0. The topological polar surface area (TPSA) is 14.1 Å². The Balaban J connectivity index is 0.000000640. The van der Waals surface area contributed by atoms with Crippen LogP contribution < -0.4 is 4.98 Å². The van der Waals surface area contributed by atoms with E-state index in [1.807, 2.05) is 18.2 Å². The Kier molecular flexibility index (Phi) is 4.92. The average molecular weight is 452 g/mol. The van der Waals surface area contributed by atoms with Gasteiger partial charge in [0, 0.05) is 53.8 Å². The van der Waals surface area contributed by atoms with Crippen molar-refractivity contribution in [2.75, 3.05) is 0 Å². The maximum atomic E-state index is 4.54. The number of hydrogen-bond acceptors (Lipinski definition) is 0. The maximum Gasteiger partial charge on any atom is 0 e. The second-order valence-electron chi connectivity index (χ2n) is 3.58. The largest absolute Gasteiger partial charge is 0.679 e. The predicted octanol–water partition coefficient (Wildman–Crippen LogP) is 3.05. The van der Waals surface area contributed by atoms with E-state index < -0.39 is 0 Å². The van der Waals surface area contributed by atoms with Crippen LogP contribution in [0.1, 0.15) is 5.56 Å². The number of aromatic nitrogens is 1. The molecule has 0 N–H and O–H groups in total. The molecule has 3 heteroatoms. The minimum absolute atomic E-state index is 0. The van der Waals surface area contributed by atoms with Crippen molar-refractivity contribution < 1.29 is 53.8 Å². The first-order valence-corrected chi connectivity index (χ1v) is 4.67. The van der Waals surface area contributed by atoms with Crippen LogP contribution in [0.2, 0.25) is 0 Å². The molecule has 0 aliphatic rings. The molecular weight excluding hydrogens is 443 g/mol. The Labute approximate surface area is 134 Å². The van der Waals surface area contributed by atoms with Crippen LogP contribution in [0.15, 0.2) is 36.4 Å². The second kappa shape index (κ2) is 5.58. The van der Waals surface area contributed by atoms with Crippen LogP contribution in [0.5, 0.6) is 0 Å². The molecule has 16 heavy (non-hydrogen) atoms. The van der Waals surface area contributed by atoms with Gasteiger partial charge in [-0.15, -0.1) is 10.9 Å². The third-order valence-corrected chi connectivity index (χ3v) is 2.52. The summed E-state index contributed by atoms with van der Waals surface area (Å²) in [5.74, 6) is 0. The number of rotatable bonds is 0. The van der Waals surface area contributed by atoms with E-state index in [0.717, 1.165) is 11.0 Å². The summed E-state index contributed by atoms with van der Waals surface area (Å²) in [7, 11) is 0. The van der Waals surface area contributed by atoms with E-state index in [9.17, 15) is 0 Å². The van der Waals surface area contributed by atoms with Crippen molar-refractivity contribution in [3.63, 3.8) is 0 Å². The van der Waals surface area contributed by atoms with E-state index in [0.29, 0.717) is 0 Å². The summed E-state index contributed by atoms with van der Waals surface area (Å²) in [5.41, 5.74) is 3.41. The first-order chi connectivity index (χ1) is 6.84. The summed E-state index contributed by atoms with van der Waals surface area (Å²) in [4.78, 5) is 4.54. The van der Waals surface area contributed by atoms with Crippen LogP contribution in [0, 0.1) is 13.0 Å². The van der Waals surface area contributed by atoms with Crippen LogP contribution in [-0.2, 0) is 53.8 Å². The van der Waals surface area contributed by atoms with Crippen LogP contribution >= 0.6 is 0 Å². The van der Waals surface area contributed by atoms with Gasteiger partial charge in [0.05, 0.1) is 0 Å². The molecule has 0 atom stereocenters. The van der Waals surface area contributed by atoms with Gasteiger partial charge >= 0.3 is 0 Å². The standard InChI is InChI=1S/C13H9N.W.Y/c1-9-6-7-13-11(8-9)10-4-2-3-5-12(10)14-13;;/h3-8H,1H3;;/q-2;;. The molecule has 2 aromatic carbocycles. The zero-order valence-electron chi connectivity index (χ0n) is 8.90. The molecule has 0 unspecified atom stereocenters. The molecule has 0 aliphatic carbocycles. The Bertz CT molecular complexity index is 615. The number of aryl methyl sites for hydroxylation is 1. The van der Waals surface area contributed by atoms with Gasteiger partial charge in [0.2, 0.25) is 0 Å². The van der Waals surface area contributed by atoms with Crippen molar-refractivity contribution >= 4 is 21.8 Å². The van der Waals surface area contributed by atoms with Gasteiger partial charge in [-0.1, -0.05) is 29.1 Å². The molecule has 3 aromatic rings. The zero-order chi connectivity index (χ0) is 9.54. The monoisotopic (exact) mass is 452 g/mol. The molecule has 0 bridgehead atoms. The van der Waals surface area contributed by atoms with Gasteiger partial charge < -0.3 is 4.98 Å². The van der Waals surface area contributed by atoms with Gasteiger partial charge in [-0.3, -0.25) is 0 Å². The molecule has 1 nitrogen and oxygen atoms in total. The van der Waals surface area contributed by atoms with Crippen LogP contribution in [0.25, 0.3) is 21.8 Å². The quantitative estimate of drug-likeness (QED) is 0.479. The number of fused-ring (bicyclic) bond motifs is 3. The predicted molar refractivity (Wildman–Crippen MR) is 58.3 cm³/mol. The fraction of sp³-hybridized carbons (Fsp3) is 0.0769. The van der Waals surface area contributed by atoms with Crippen molar-refractivity contribution in [2.45, 2.75) is 6.92 Å². The molecule has 3 rings (SSSR count). The smallest absolute Gasteiger partial charge is 0 e. The van der Waals surface area contributed by atoms with E-state index in [1.54, 1.807) is 0 Å². The molecule has 0 aliphatic heterocycles. The molecule has 0 spiro atoms. The summed E-state index contributed by atoms with van der Waals surface area (Å²) in [5, 5.41) is 2.43. The summed E-state index contributed by atoms with van der Waals surface area (Å²) < 4.78 is 0. The van der Waals surface area contributed by atoms with Crippen LogP contribution in [-0.4, -0.2) is 0 Å². The van der Waals surface area contributed by atoms with Crippen LogP contribution in [0.3, 0.4) is 0 Å². The molecular formula is C13H9NWY-2. The van der Waals surface area contributed by atoms with Gasteiger partial charge in [-0.25, -0.2) is 5.52 Å². The number of nitrogens with zero attached hydrogens (tertiary/aromatic N) is 1. The average Bonchev–Trinajstić information content (AvgIpc) is 2.56. The summed E-state index contributed by atoms with van der Waals surface area (Å²) >= 11 is 0. The fourth-order valence-corrected chi connectivity index (χ4v) is 1.83. The van der Waals surface area contributed by atoms with Gasteiger partial charge in [0.15, 0.2) is 0 Å². The summed E-state index contributed by atoms with van der Waals surface area (Å²) in [6, 6.07) is 15.4. The van der Waals surface area contributed by atoms with Crippen molar-refractivity contribution in [3.05, 3.63) is 48.0 Å². The Hall–Kier alpha value is 0.0322. The van der Waals surface area contributed by atoms with Crippen molar-refractivity contribution in [1.82, 2.24) is 4.98 Å². The van der Waals surface area contributed by atoms with Gasteiger partial charge in [-0.05, 0) is 6.92 Å². The normalized spacial score (nSPS) is 9.81. The third-order valence-electron chi connectivity index (χ3n) is 2.52. The Morgan fingerprint density at radius 3 is 2.62 bits per heavy atom. The number of hydrogen-bond donors (Lipinski definition) is 0. The van der Waals surface area contributed by atoms with E-state index >= 15 is 0 Å². The van der Waals surface area contributed by atoms with Crippen molar-refractivity contribution in [1.29, 1.82) is 0 Å². The zero-order valence-corrected chi connectivity index (χ0v) is 14.7. The molecule has 0 fully saturated rings. The summed E-state index contributed by atoms with van der Waals surface area (Å²) in [6.45, 7) is 2.10. The van der Waals surface area contributed by atoms with E-state index in [4.69, 9.17) is 0 Å². The third kappa shape index (κ3) is 2.32. The molecule has 1 aromatic heterocycles. The van der Waals surface area contributed by atoms with E-state index in [-0.39, 0.29) is 53.8 Å². The molecule has 0 saturated carbocycles. The fourth-order valence-electron chi connectivity index (χ4n) is 1.83. The molecule has 0 saturated heterocycles. The van der Waals surface area contributed by atoms with Crippen molar-refractivity contribution in [2.24, 2.45) is 0 Å². The minimum atomic E-state index is 0. The molecule has 0 amide bonds. The maximum absolute atomic E-state index is 4.54. The van der Waals surface area contributed by atoms with E-state index in [2.05, 4.69) is 36.2 Å².